The van der Waals surface area contributed by atoms with Crippen LogP contribution in [0.15, 0.2) is 70.4 Å². The molecule has 0 unspecified atom stereocenters. The number of hydrogen-bond donors (Lipinski definition) is 1. The third kappa shape index (κ3) is 4.31. The molecule has 0 spiro atoms. The Balaban J connectivity index is 1.50. The first-order chi connectivity index (χ1) is 17.3. The second-order valence-corrected chi connectivity index (χ2v) is 8.50. The first kappa shape index (κ1) is 23.2. The second-order valence-electron chi connectivity index (χ2n) is 7.69. The van der Waals surface area contributed by atoms with Crippen LogP contribution in [-0.2, 0) is 0 Å². The lowest BCUT2D eigenvalue weighted by Crippen LogP contribution is -2.33. The highest BCUT2D eigenvalue weighted by molar-refractivity contribution is 6.37. The lowest BCUT2D eigenvalue weighted by Gasteiger charge is -2.13. The number of H-pyrrole nitrogens is 1. The SMILES string of the molecule is Cc1cc(-c2ccccn2)nc2ccc(Oc3c(Cl)cc(-n4nc(C#N)c(=O)[nH]c4=O)cc3Cl)cc12. The van der Waals surface area contributed by atoms with Crippen LogP contribution in [0.1, 0.15) is 11.3 Å². The zero-order valence-electron chi connectivity index (χ0n) is 18.5. The van der Waals surface area contributed by atoms with Gasteiger partial charge in [0.1, 0.15) is 11.8 Å². The first-order valence-corrected chi connectivity index (χ1v) is 11.2. The lowest BCUT2D eigenvalue weighted by atomic mass is 10.1. The first-order valence-electron chi connectivity index (χ1n) is 10.5. The molecule has 0 bridgehead atoms. The van der Waals surface area contributed by atoms with Crippen molar-refractivity contribution < 1.29 is 4.74 Å². The zero-order chi connectivity index (χ0) is 25.4. The number of ether oxygens (including phenoxy) is 1. The molecule has 0 saturated carbocycles. The van der Waals surface area contributed by atoms with Crippen LogP contribution in [0.5, 0.6) is 11.5 Å². The maximum atomic E-state index is 12.2. The number of aryl methyl sites for hydroxylation is 1. The van der Waals surface area contributed by atoms with E-state index in [1.807, 2.05) is 48.3 Å². The van der Waals surface area contributed by atoms with Gasteiger partial charge >= 0.3 is 5.69 Å². The number of nitriles is 1. The van der Waals surface area contributed by atoms with E-state index in [1.165, 1.54) is 12.1 Å². The molecule has 0 aliphatic carbocycles. The second kappa shape index (κ2) is 9.26. The van der Waals surface area contributed by atoms with E-state index in [1.54, 1.807) is 18.3 Å². The summed E-state index contributed by atoms with van der Waals surface area (Å²) >= 11 is 12.8. The van der Waals surface area contributed by atoms with Gasteiger partial charge in [-0.3, -0.25) is 14.8 Å². The van der Waals surface area contributed by atoms with Gasteiger partial charge in [0, 0.05) is 11.6 Å². The molecule has 36 heavy (non-hydrogen) atoms. The van der Waals surface area contributed by atoms with Crippen molar-refractivity contribution >= 4 is 34.1 Å². The van der Waals surface area contributed by atoms with Crippen LogP contribution in [0, 0.1) is 18.3 Å². The van der Waals surface area contributed by atoms with Crippen molar-refractivity contribution in [2.24, 2.45) is 0 Å². The Morgan fingerprint density at radius 2 is 1.81 bits per heavy atom. The summed E-state index contributed by atoms with van der Waals surface area (Å²) < 4.78 is 6.81. The highest BCUT2D eigenvalue weighted by Gasteiger charge is 2.16. The predicted molar refractivity (Wildman–Crippen MR) is 135 cm³/mol. The Morgan fingerprint density at radius 1 is 1.03 bits per heavy atom. The average Bonchev–Trinajstić information content (AvgIpc) is 2.87. The average molecular weight is 517 g/mol. The monoisotopic (exact) mass is 516 g/mol. The molecule has 3 aromatic heterocycles. The molecular formula is C25H14Cl2N6O3. The van der Waals surface area contributed by atoms with E-state index in [0.29, 0.717) is 5.75 Å². The normalized spacial score (nSPS) is 10.8. The molecule has 0 atom stereocenters. The minimum Gasteiger partial charge on any atom is -0.454 e. The molecule has 0 saturated heterocycles. The third-order valence-electron chi connectivity index (χ3n) is 5.30. The van der Waals surface area contributed by atoms with Crippen LogP contribution in [0.2, 0.25) is 10.0 Å². The van der Waals surface area contributed by atoms with Crippen LogP contribution in [0.3, 0.4) is 0 Å². The number of rotatable bonds is 4. The summed E-state index contributed by atoms with van der Waals surface area (Å²) in [5.74, 6) is 0.635. The number of aromatic nitrogens is 5. The minimum absolute atomic E-state index is 0.0938. The number of pyridine rings is 2. The van der Waals surface area contributed by atoms with Crippen molar-refractivity contribution in [1.82, 2.24) is 24.7 Å². The molecule has 5 aromatic rings. The summed E-state index contributed by atoms with van der Waals surface area (Å²) in [6.45, 7) is 1.97. The topological polar surface area (TPSA) is 127 Å². The van der Waals surface area contributed by atoms with E-state index in [4.69, 9.17) is 38.2 Å². The van der Waals surface area contributed by atoms with E-state index >= 15 is 0 Å². The molecule has 0 radical (unpaired) electrons. The van der Waals surface area contributed by atoms with Crippen LogP contribution >= 0.6 is 23.2 Å². The molecule has 2 aromatic carbocycles. The summed E-state index contributed by atoms with van der Waals surface area (Å²) in [6.07, 6.45) is 1.72. The van der Waals surface area contributed by atoms with Crippen molar-refractivity contribution in [1.29, 1.82) is 5.26 Å². The van der Waals surface area contributed by atoms with Crippen LogP contribution in [0.25, 0.3) is 28.0 Å². The van der Waals surface area contributed by atoms with Gasteiger partial charge in [0.05, 0.1) is 32.6 Å². The summed E-state index contributed by atoms with van der Waals surface area (Å²) in [5.41, 5.74) is 1.24. The maximum absolute atomic E-state index is 12.2. The van der Waals surface area contributed by atoms with Crippen LogP contribution in [0.4, 0.5) is 0 Å². The van der Waals surface area contributed by atoms with E-state index in [9.17, 15) is 9.59 Å². The zero-order valence-corrected chi connectivity index (χ0v) is 20.0. The summed E-state index contributed by atoms with van der Waals surface area (Å²) in [4.78, 5) is 34.9. The fraction of sp³-hybridized carbons (Fsp3) is 0.0400. The smallest absolute Gasteiger partial charge is 0.349 e. The Labute approximate surface area is 213 Å². The molecule has 1 N–H and O–H groups in total. The van der Waals surface area contributed by atoms with Gasteiger partial charge in [-0.05, 0) is 61.0 Å². The summed E-state index contributed by atoms with van der Waals surface area (Å²) in [7, 11) is 0. The van der Waals surface area contributed by atoms with Crippen molar-refractivity contribution in [3.8, 4) is 34.6 Å². The molecule has 9 nitrogen and oxygen atoms in total. The molecule has 0 fully saturated rings. The van der Waals surface area contributed by atoms with Gasteiger partial charge in [-0.2, -0.15) is 9.94 Å². The molecule has 3 heterocycles. The van der Waals surface area contributed by atoms with Crippen molar-refractivity contribution in [3.63, 3.8) is 0 Å². The predicted octanol–water partition coefficient (Wildman–Crippen LogP) is 4.81. The van der Waals surface area contributed by atoms with Gasteiger partial charge < -0.3 is 4.74 Å². The fourth-order valence-electron chi connectivity index (χ4n) is 3.61. The number of benzene rings is 2. The van der Waals surface area contributed by atoms with Crippen LogP contribution < -0.4 is 16.0 Å². The molecular weight excluding hydrogens is 503 g/mol. The molecule has 0 aliphatic rings. The summed E-state index contributed by atoms with van der Waals surface area (Å²) in [6, 6.07) is 17.4. The van der Waals surface area contributed by atoms with Gasteiger partial charge in [-0.1, -0.05) is 29.3 Å². The lowest BCUT2D eigenvalue weighted by molar-refractivity contribution is 0.483. The Hall–Kier alpha value is -4.52. The van der Waals surface area contributed by atoms with Gasteiger partial charge in [-0.25, -0.2) is 9.78 Å². The highest BCUT2D eigenvalue weighted by atomic mass is 35.5. The Morgan fingerprint density at radius 3 is 2.50 bits per heavy atom. The quantitative estimate of drug-likeness (QED) is 0.363. The van der Waals surface area contributed by atoms with Gasteiger partial charge in [0.15, 0.2) is 5.75 Å². The van der Waals surface area contributed by atoms with Crippen LogP contribution in [-0.4, -0.2) is 24.7 Å². The number of nitrogens with one attached hydrogen (secondary N) is 1. The Kier molecular flexibility index (Phi) is 5.98. The Bertz CT molecular complexity index is 1790. The van der Waals surface area contributed by atoms with Crippen molar-refractivity contribution in [2.75, 3.05) is 0 Å². The van der Waals surface area contributed by atoms with E-state index in [-0.39, 0.29) is 21.5 Å². The molecule has 0 amide bonds. The van der Waals surface area contributed by atoms with Gasteiger partial charge in [0.25, 0.3) is 5.56 Å². The van der Waals surface area contributed by atoms with Gasteiger partial charge in [0.2, 0.25) is 5.69 Å². The molecule has 11 heteroatoms. The highest BCUT2D eigenvalue weighted by Crippen LogP contribution is 2.39. The standard InChI is InChI=1S/C25H14Cl2N6O3/c1-13-8-21(20-4-2-3-7-29-20)30-19-6-5-15(11-16(13)19)36-23-17(26)9-14(10-18(23)27)33-25(35)31-24(34)22(12-28)32-33/h2-11H,1H3,(H,31,34,35). The number of hydrogen-bond acceptors (Lipinski definition) is 7. The number of halogens is 2. The maximum Gasteiger partial charge on any atom is 0.349 e. The van der Waals surface area contributed by atoms with E-state index in [2.05, 4.69) is 10.1 Å². The molecule has 0 aliphatic heterocycles. The number of fused-ring (bicyclic) bond motifs is 1. The third-order valence-corrected chi connectivity index (χ3v) is 5.86. The van der Waals surface area contributed by atoms with Crippen molar-refractivity contribution in [2.45, 2.75) is 6.92 Å². The van der Waals surface area contributed by atoms with E-state index in [0.717, 1.165) is 32.5 Å². The molecule has 176 valence electrons. The number of aromatic amines is 1. The van der Waals surface area contributed by atoms with Gasteiger partial charge in [-0.15, -0.1) is 5.10 Å². The largest absolute Gasteiger partial charge is 0.454 e. The van der Waals surface area contributed by atoms with Crippen molar-refractivity contribution in [3.05, 3.63) is 103 Å². The van der Waals surface area contributed by atoms with E-state index < -0.39 is 16.9 Å². The molecule has 5 rings (SSSR count). The minimum atomic E-state index is -0.885. The summed E-state index contributed by atoms with van der Waals surface area (Å²) in [5, 5.41) is 13.9. The fourth-order valence-corrected chi connectivity index (χ4v) is 4.17. The number of nitrogens with zero attached hydrogens (tertiary/aromatic N) is 5.